The van der Waals surface area contributed by atoms with E-state index in [2.05, 4.69) is 10.6 Å². The number of carbonyl (C=O) groups excluding carboxylic acids is 1. The molecule has 0 aliphatic heterocycles. The molecule has 2 rings (SSSR count). The number of carbonyl (C=O) groups is 1. The Morgan fingerprint density at radius 2 is 1.59 bits per heavy atom. The molecule has 0 heterocycles. The van der Waals surface area contributed by atoms with Crippen molar-refractivity contribution in [3.8, 4) is 0 Å². The number of rotatable bonds is 7. The Kier molecular flexibility index (Phi) is 6.96. The lowest BCUT2D eigenvalue weighted by Gasteiger charge is -2.20. The molecular formula is C20H22F4N2O. The van der Waals surface area contributed by atoms with E-state index in [0.29, 0.717) is 18.5 Å². The maximum atomic E-state index is 12.9. The zero-order valence-corrected chi connectivity index (χ0v) is 15.1. The Balaban J connectivity index is 1.81. The summed E-state index contributed by atoms with van der Waals surface area (Å²) < 4.78 is 50.7. The second kappa shape index (κ2) is 8.99. The second-order valence-corrected chi connectivity index (χ2v) is 6.40. The minimum absolute atomic E-state index is 0.212. The van der Waals surface area contributed by atoms with Gasteiger partial charge < -0.3 is 5.32 Å². The van der Waals surface area contributed by atoms with Gasteiger partial charge in [0, 0.05) is 12.6 Å². The van der Waals surface area contributed by atoms with Crippen molar-refractivity contribution in [3.63, 3.8) is 0 Å². The first-order valence-electron chi connectivity index (χ1n) is 8.62. The van der Waals surface area contributed by atoms with Crippen molar-refractivity contribution < 1.29 is 22.4 Å². The number of amides is 1. The van der Waals surface area contributed by atoms with Gasteiger partial charge in [-0.25, -0.2) is 4.39 Å². The zero-order chi connectivity index (χ0) is 20.0. The molecule has 2 aromatic rings. The van der Waals surface area contributed by atoms with Crippen LogP contribution >= 0.6 is 0 Å². The molecule has 0 bridgehead atoms. The molecule has 0 radical (unpaired) electrons. The molecule has 3 nitrogen and oxygen atoms in total. The van der Waals surface area contributed by atoms with Crippen LogP contribution in [0.2, 0.25) is 0 Å². The van der Waals surface area contributed by atoms with E-state index < -0.39 is 17.8 Å². The topological polar surface area (TPSA) is 41.1 Å². The highest BCUT2D eigenvalue weighted by molar-refractivity contribution is 5.81. The van der Waals surface area contributed by atoms with E-state index in [9.17, 15) is 22.4 Å². The summed E-state index contributed by atoms with van der Waals surface area (Å²) in [6, 6.07) is 10.1. The standard InChI is InChI=1S/C20H22F4N2O/c1-13(16-5-7-17(8-6-16)20(22,23)24)26-14(2)19(27)25-12-11-15-3-9-18(21)10-4-15/h3-10,13-14,26H,11-12H2,1-2H3,(H,25,27). The lowest BCUT2D eigenvalue weighted by molar-refractivity contribution is -0.137. The largest absolute Gasteiger partial charge is 0.416 e. The van der Waals surface area contributed by atoms with Gasteiger partial charge >= 0.3 is 6.18 Å². The fourth-order valence-corrected chi connectivity index (χ4v) is 2.64. The Labute approximate surface area is 155 Å². The molecule has 146 valence electrons. The van der Waals surface area contributed by atoms with Crippen LogP contribution in [0.4, 0.5) is 17.6 Å². The Bertz CT molecular complexity index is 742. The summed E-state index contributed by atoms with van der Waals surface area (Å²) in [7, 11) is 0. The number of halogens is 4. The molecule has 2 aromatic carbocycles. The lowest BCUT2D eigenvalue weighted by Crippen LogP contribution is -2.43. The Morgan fingerprint density at radius 3 is 2.15 bits per heavy atom. The van der Waals surface area contributed by atoms with Crippen molar-refractivity contribution in [2.24, 2.45) is 0 Å². The SMILES string of the molecule is CC(NC(C)c1ccc(C(F)(F)F)cc1)C(=O)NCCc1ccc(F)cc1. The van der Waals surface area contributed by atoms with Crippen LogP contribution in [0, 0.1) is 5.82 Å². The number of hydrogen-bond acceptors (Lipinski definition) is 2. The highest BCUT2D eigenvalue weighted by Gasteiger charge is 2.30. The molecule has 1 amide bonds. The Morgan fingerprint density at radius 1 is 1.00 bits per heavy atom. The predicted octanol–water partition coefficient (Wildman–Crippen LogP) is 4.24. The van der Waals surface area contributed by atoms with Gasteiger partial charge in [-0.2, -0.15) is 13.2 Å². The average Bonchev–Trinajstić information content (AvgIpc) is 2.62. The maximum absolute atomic E-state index is 12.9. The van der Waals surface area contributed by atoms with Crippen LogP contribution in [0.25, 0.3) is 0 Å². The fraction of sp³-hybridized carbons (Fsp3) is 0.350. The first kappa shape index (κ1) is 20.9. The van der Waals surface area contributed by atoms with Crippen LogP contribution in [-0.2, 0) is 17.4 Å². The van der Waals surface area contributed by atoms with Crippen LogP contribution in [0.15, 0.2) is 48.5 Å². The molecular weight excluding hydrogens is 360 g/mol. The van der Waals surface area contributed by atoms with Crippen LogP contribution in [0.1, 0.15) is 36.6 Å². The highest BCUT2D eigenvalue weighted by Crippen LogP contribution is 2.29. The molecule has 0 aliphatic rings. The van der Waals surface area contributed by atoms with Crippen LogP contribution in [-0.4, -0.2) is 18.5 Å². The van der Waals surface area contributed by atoms with Crippen molar-refractivity contribution in [1.82, 2.24) is 10.6 Å². The fourth-order valence-electron chi connectivity index (χ4n) is 2.64. The van der Waals surface area contributed by atoms with Crippen molar-refractivity contribution in [1.29, 1.82) is 0 Å². The van der Waals surface area contributed by atoms with Gasteiger partial charge in [0.2, 0.25) is 5.91 Å². The number of nitrogens with one attached hydrogen (secondary N) is 2. The monoisotopic (exact) mass is 382 g/mol. The van der Waals surface area contributed by atoms with Gasteiger partial charge in [0.1, 0.15) is 5.82 Å². The van der Waals surface area contributed by atoms with Crippen molar-refractivity contribution >= 4 is 5.91 Å². The molecule has 7 heteroatoms. The summed E-state index contributed by atoms with van der Waals surface area (Å²) in [5.41, 5.74) is 0.870. The smallest absolute Gasteiger partial charge is 0.354 e. The normalized spacial score (nSPS) is 13.9. The van der Waals surface area contributed by atoms with E-state index in [-0.39, 0.29) is 17.8 Å². The number of hydrogen-bond donors (Lipinski definition) is 2. The minimum atomic E-state index is -4.37. The number of benzene rings is 2. The molecule has 2 unspecified atom stereocenters. The molecule has 0 aromatic heterocycles. The summed E-state index contributed by atoms with van der Waals surface area (Å²) in [4.78, 5) is 12.2. The van der Waals surface area contributed by atoms with E-state index >= 15 is 0 Å². The van der Waals surface area contributed by atoms with E-state index in [4.69, 9.17) is 0 Å². The predicted molar refractivity (Wildman–Crippen MR) is 95.6 cm³/mol. The third-order valence-corrected chi connectivity index (χ3v) is 4.26. The highest BCUT2D eigenvalue weighted by atomic mass is 19.4. The summed E-state index contributed by atoms with van der Waals surface area (Å²) in [5.74, 6) is -0.520. The van der Waals surface area contributed by atoms with E-state index in [1.54, 1.807) is 26.0 Å². The van der Waals surface area contributed by atoms with Crippen molar-refractivity contribution in [3.05, 3.63) is 71.0 Å². The van der Waals surface area contributed by atoms with Gasteiger partial charge in [0.05, 0.1) is 11.6 Å². The van der Waals surface area contributed by atoms with Crippen LogP contribution in [0.3, 0.4) is 0 Å². The Hall–Kier alpha value is -2.41. The quantitative estimate of drug-likeness (QED) is 0.704. The zero-order valence-electron chi connectivity index (χ0n) is 15.1. The van der Waals surface area contributed by atoms with Gasteiger partial charge in [-0.05, 0) is 55.7 Å². The number of alkyl halides is 3. The molecule has 0 saturated heterocycles. The maximum Gasteiger partial charge on any atom is 0.416 e. The van der Waals surface area contributed by atoms with E-state index in [0.717, 1.165) is 17.7 Å². The van der Waals surface area contributed by atoms with E-state index in [1.807, 2.05) is 0 Å². The molecule has 0 saturated carbocycles. The third kappa shape index (κ3) is 6.36. The molecule has 2 N–H and O–H groups in total. The van der Waals surface area contributed by atoms with Gasteiger partial charge in [0.15, 0.2) is 0 Å². The van der Waals surface area contributed by atoms with Gasteiger partial charge in [-0.15, -0.1) is 0 Å². The first-order chi connectivity index (χ1) is 12.7. The molecule has 2 atom stereocenters. The van der Waals surface area contributed by atoms with Gasteiger partial charge in [-0.3, -0.25) is 10.1 Å². The van der Waals surface area contributed by atoms with Crippen LogP contribution in [0.5, 0.6) is 0 Å². The summed E-state index contributed by atoms with van der Waals surface area (Å²) >= 11 is 0. The minimum Gasteiger partial charge on any atom is -0.354 e. The molecule has 0 aliphatic carbocycles. The summed E-state index contributed by atoms with van der Waals surface area (Å²) in [5, 5.41) is 5.85. The second-order valence-electron chi connectivity index (χ2n) is 6.40. The summed E-state index contributed by atoms with van der Waals surface area (Å²) in [6.07, 6.45) is -3.79. The molecule has 0 spiro atoms. The molecule has 27 heavy (non-hydrogen) atoms. The van der Waals surface area contributed by atoms with Crippen LogP contribution < -0.4 is 10.6 Å². The van der Waals surface area contributed by atoms with Crippen molar-refractivity contribution in [2.45, 2.75) is 38.5 Å². The van der Waals surface area contributed by atoms with Gasteiger partial charge in [0.25, 0.3) is 0 Å². The summed E-state index contributed by atoms with van der Waals surface area (Å²) in [6.45, 7) is 3.88. The van der Waals surface area contributed by atoms with E-state index in [1.165, 1.54) is 24.3 Å². The van der Waals surface area contributed by atoms with Crippen molar-refractivity contribution in [2.75, 3.05) is 6.54 Å². The first-order valence-corrected chi connectivity index (χ1v) is 8.62. The average molecular weight is 382 g/mol. The van der Waals surface area contributed by atoms with Gasteiger partial charge in [-0.1, -0.05) is 24.3 Å². The third-order valence-electron chi connectivity index (χ3n) is 4.26. The lowest BCUT2D eigenvalue weighted by atomic mass is 10.0. The molecule has 0 fully saturated rings.